The number of aromatic hydroxyl groups is 1. The third-order valence-electron chi connectivity index (χ3n) is 7.69. The second kappa shape index (κ2) is 6.71. The minimum absolute atomic E-state index is 0.0104. The van der Waals surface area contributed by atoms with Crippen molar-refractivity contribution in [3.63, 3.8) is 0 Å². The molecule has 0 atom stereocenters. The van der Waals surface area contributed by atoms with Crippen LogP contribution in [0.2, 0.25) is 0 Å². The topological polar surface area (TPSA) is 75.0 Å². The zero-order chi connectivity index (χ0) is 23.0. The minimum Gasteiger partial charge on any atom is -0.502 e. The summed E-state index contributed by atoms with van der Waals surface area (Å²) in [6, 6.07) is 18.0. The number of hydrogen-bond acceptors (Lipinski definition) is 5. The molecule has 2 aromatic carbocycles. The minimum atomic E-state index is -0.751. The molecule has 3 aromatic rings. The molecule has 7 heteroatoms. The lowest BCUT2D eigenvalue weighted by Crippen LogP contribution is -2.68. The van der Waals surface area contributed by atoms with E-state index in [0.717, 1.165) is 11.1 Å². The van der Waals surface area contributed by atoms with Crippen LogP contribution in [-0.4, -0.2) is 46.5 Å². The standard InChI is InChI=1S/C26H25N3O4/c1-3-27-16-29(28-13-12-21(30)23(31)22(28)24(27)32)26-19-10-6-4-8-17(19)14-25(26,33-2)15-18-9-5-7-11-20(18)26/h4-13,31H,3,14-16H2,1-2H3. The van der Waals surface area contributed by atoms with E-state index < -0.39 is 22.3 Å². The number of fused-ring (bicyclic) bond motifs is 6. The van der Waals surface area contributed by atoms with Crippen molar-refractivity contribution in [3.8, 4) is 5.75 Å². The second-order valence-corrected chi connectivity index (χ2v) is 9.00. The van der Waals surface area contributed by atoms with Crippen LogP contribution in [-0.2, 0) is 23.1 Å². The maximum absolute atomic E-state index is 13.3. The van der Waals surface area contributed by atoms with E-state index in [2.05, 4.69) is 29.3 Å². The van der Waals surface area contributed by atoms with Gasteiger partial charge in [0, 0.05) is 38.8 Å². The number of methoxy groups -OCH3 is 1. The van der Waals surface area contributed by atoms with Crippen LogP contribution in [0, 0.1) is 0 Å². The van der Waals surface area contributed by atoms with E-state index in [4.69, 9.17) is 4.74 Å². The van der Waals surface area contributed by atoms with Crippen molar-refractivity contribution in [1.82, 2.24) is 9.58 Å². The number of aromatic nitrogens is 1. The lowest BCUT2D eigenvalue weighted by atomic mass is 9.78. The maximum atomic E-state index is 13.3. The first kappa shape index (κ1) is 20.1. The van der Waals surface area contributed by atoms with Gasteiger partial charge >= 0.3 is 0 Å². The van der Waals surface area contributed by atoms with Gasteiger partial charge in [-0.2, -0.15) is 0 Å². The smallest absolute Gasteiger partial charge is 0.277 e. The van der Waals surface area contributed by atoms with E-state index in [-0.39, 0.29) is 11.6 Å². The highest BCUT2D eigenvalue weighted by Gasteiger charge is 2.68. The Labute approximate surface area is 191 Å². The molecule has 3 aliphatic rings. The number of benzene rings is 2. The Morgan fingerprint density at radius 2 is 1.58 bits per heavy atom. The predicted octanol–water partition coefficient (Wildman–Crippen LogP) is 2.37. The normalized spacial score (nSPS) is 25.0. The summed E-state index contributed by atoms with van der Waals surface area (Å²) in [4.78, 5) is 27.2. The Bertz CT molecular complexity index is 1310. The zero-order valence-electron chi connectivity index (χ0n) is 18.6. The largest absolute Gasteiger partial charge is 0.502 e. The Balaban J connectivity index is 1.74. The summed E-state index contributed by atoms with van der Waals surface area (Å²) in [6.45, 7) is 2.63. The van der Waals surface area contributed by atoms with Crippen molar-refractivity contribution in [2.75, 3.05) is 25.3 Å². The molecule has 6 rings (SSSR count). The fourth-order valence-electron chi connectivity index (χ4n) is 6.30. The molecule has 2 heterocycles. The molecule has 0 saturated heterocycles. The van der Waals surface area contributed by atoms with E-state index in [1.54, 1.807) is 22.9 Å². The van der Waals surface area contributed by atoms with Gasteiger partial charge in [0.05, 0.1) is 0 Å². The van der Waals surface area contributed by atoms with Gasteiger partial charge in [0.1, 0.15) is 17.8 Å². The van der Waals surface area contributed by atoms with Crippen LogP contribution < -0.4 is 10.4 Å². The molecule has 0 bridgehead atoms. The van der Waals surface area contributed by atoms with Crippen LogP contribution in [0.25, 0.3) is 0 Å². The molecular weight excluding hydrogens is 418 g/mol. The van der Waals surface area contributed by atoms with Gasteiger partial charge in [-0.15, -0.1) is 0 Å². The maximum Gasteiger partial charge on any atom is 0.277 e. The van der Waals surface area contributed by atoms with Crippen LogP contribution in [0.5, 0.6) is 5.75 Å². The molecule has 2 aliphatic carbocycles. The SMILES string of the molecule is CCN1CN(C23c4ccccc4CC2(OC)Cc2ccccc23)n2ccc(=O)c(O)c2C1=O. The molecular formula is C26H25N3O4. The van der Waals surface area contributed by atoms with Crippen molar-refractivity contribution < 1.29 is 14.6 Å². The van der Waals surface area contributed by atoms with Gasteiger partial charge in [-0.05, 0) is 29.2 Å². The summed E-state index contributed by atoms with van der Waals surface area (Å²) in [6.07, 6.45) is 3.03. The molecule has 0 unspecified atom stereocenters. The van der Waals surface area contributed by atoms with Gasteiger partial charge < -0.3 is 14.7 Å². The molecule has 1 aliphatic heterocycles. The van der Waals surface area contributed by atoms with Crippen LogP contribution >= 0.6 is 0 Å². The number of rotatable bonds is 3. The monoisotopic (exact) mass is 443 g/mol. The quantitative estimate of drug-likeness (QED) is 0.673. The van der Waals surface area contributed by atoms with Crippen molar-refractivity contribution in [2.45, 2.75) is 30.9 Å². The third kappa shape index (κ3) is 2.27. The predicted molar refractivity (Wildman–Crippen MR) is 123 cm³/mol. The van der Waals surface area contributed by atoms with Crippen molar-refractivity contribution in [2.24, 2.45) is 0 Å². The molecule has 1 aromatic heterocycles. The Hall–Kier alpha value is -3.58. The van der Waals surface area contributed by atoms with Gasteiger partial charge in [0.15, 0.2) is 11.4 Å². The molecule has 0 fully saturated rings. The molecule has 0 radical (unpaired) electrons. The van der Waals surface area contributed by atoms with Gasteiger partial charge in [0.2, 0.25) is 5.43 Å². The van der Waals surface area contributed by atoms with Crippen molar-refractivity contribution in [1.29, 1.82) is 0 Å². The van der Waals surface area contributed by atoms with Crippen LogP contribution in [0.3, 0.4) is 0 Å². The third-order valence-corrected chi connectivity index (χ3v) is 7.69. The molecule has 168 valence electrons. The summed E-state index contributed by atoms with van der Waals surface area (Å²) in [7, 11) is 1.75. The summed E-state index contributed by atoms with van der Waals surface area (Å²) in [5, 5.41) is 12.8. The number of carbonyl (C=O) groups excluding carboxylic acids is 1. The molecule has 7 nitrogen and oxygen atoms in total. The van der Waals surface area contributed by atoms with Gasteiger partial charge in [-0.25, -0.2) is 0 Å². The average molecular weight is 444 g/mol. The number of carbonyl (C=O) groups is 1. The van der Waals surface area contributed by atoms with Crippen molar-refractivity contribution in [3.05, 3.63) is 99.0 Å². The van der Waals surface area contributed by atoms with E-state index in [1.807, 2.05) is 31.2 Å². The molecule has 33 heavy (non-hydrogen) atoms. The number of amides is 1. The second-order valence-electron chi connectivity index (χ2n) is 9.00. The average Bonchev–Trinajstić information content (AvgIpc) is 3.28. The van der Waals surface area contributed by atoms with Crippen molar-refractivity contribution >= 4 is 5.91 Å². The summed E-state index contributed by atoms with van der Waals surface area (Å²) < 4.78 is 8.10. The van der Waals surface area contributed by atoms with Gasteiger partial charge in [0.25, 0.3) is 5.91 Å². The summed E-state index contributed by atoms with van der Waals surface area (Å²) >= 11 is 0. The van der Waals surface area contributed by atoms with Crippen LogP contribution in [0.15, 0.2) is 65.6 Å². The van der Waals surface area contributed by atoms with Crippen LogP contribution in [0.1, 0.15) is 39.7 Å². The zero-order valence-corrected chi connectivity index (χ0v) is 18.6. The molecule has 1 amide bonds. The molecule has 1 N–H and O–H groups in total. The fourth-order valence-corrected chi connectivity index (χ4v) is 6.30. The summed E-state index contributed by atoms with van der Waals surface area (Å²) in [5.41, 5.74) is 2.68. The van der Waals surface area contributed by atoms with E-state index in [0.29, 0.717) is 26.1 Å². The summed E-state index contributed by atoms with van der Waals surface area (Å²) in [5.74, 6) is -0.886. The van der Waals surface area contributed by atoms with Crippen LogP contribution in [0.4, 0.5) is 0 Å². The van der Waals surface area contributed by atoms with E-state index in [1.165, 1.54) is 17.2 Å². The lowest BCUT2D eigenvalue weighted by molar-refractivity contribution is -0.0529. The van der Waals surface area contributed by atoms with Gasteiger partial charge in [-0.1, -0.05) is 48.5 Å². The first-order valence-electron chi connectivity index (χ1n) is 11.2. The highest BCUT2D eigenvalue weighted by molar-refractivity contribution is 5.96. The Morgan fingerprint density at radius 1 is 0.970 bits per heavy atom. The Morgan fingerprint density at radius 3 is 2.15 bits per heavy atom. The molecule has 0 saturated carbocycles. The lowest BCUT2D eigenvalue weighted by Gasteiger charge is -2.53. The first-order valence-corrected chi connectivity index (χ1v) is 11.2. The number of ether oxygens (including phenoxy) is 1. The fraction of sp³-hybridized carbons (Fsp3) is 0.308. The first-order chi connectivity index (χ1) is 16.0. The van der Waals surface area contributed by atoms with Gasteiger partial charge in [-0.3, -0.25) is 19.3 Å². The molecule has 0 spiro atoms. The van der Waals surface area contributed by atoms with E-state index >= 15 is 0 Å². The highest BCUT2D eigenvalue weighted by Crippen LogP contribution is 2.60. The number of hydrogen-bond donors (Lipinski definition) is 1. The van der Waals surface area contributed by atoms with E-state index in [9.17, 15) is 14.7 Å². The highest BCUT2D eigenvalue weighted by atomic mass is 16.5. The Kier molecular flexibility index (Phi) is 4.08. The number of nitrogens with zero attached hydrogens (tertiary/aromatic N) is 3. The number of pyridine rings is 1.